The summed E-state index contributed by atoms with van der Waals surface area (Å²) in [7, 11) is 3.84. The van der Waals surface area contributed by atoms with Gasteiger partial charge < -0.3 is 4.90 Å². The van der Waals surface area contributed by atoms with Crippen molar-refractivity contribution < 1.29 is 13.2 Å². The molecule has 0 aliphatic rings. The minimum atomic E-state index is -4.33. The highest BCUT2D eigenvalue weighted by Gasteiger charge is 2.30. The Morgan fingerprint density at radius 2 is 1.59 bits per heavy atom. The Labute approximate surface area is 128 Å². The second-order valence-corrected chi connectivity index (χ2v) is 5.32. The molecule has 0 aromatic heterocycles. The smallest absolute Gasteiger partial charge is 0.306 e. The molecule has 0 unspecified atom stereocenters. The van der Waals surface area contributed by atoms with Gasteiger partial charge in [-0.15, -0.1) is 0 Å². The summed E-state index contributed by atoms with van der Waals surface area (Å²) in [4.78, 5) is 1.97. The zero-order valence-electron chi connectivity index (χ0n) is 12.6. The Hall–Kier alpha value is -2.07. The van der Waals surface area contributed by atoms with Crippen molar-refractivity contribution >= 4 is 5.57 Å². The van der Waals surface area contributed by atoms with E-state index in [0.29, 0.717) is 12.1 Å². The van der Waals surface area contributed by atoms with Gasteiger partial charge in [-0.3, -0.25) is 0 Å². The average Bonchev–Trinajstić information content (AvgIpc) is 2.48. The van der Waals surface area contributed by atoms with Gasteiger partial charge in [-0.05, 0) is 42.9 Å². The van der Waals surface area contributed by atoms with Crippen LogP contribution in [0.3, 0.4) is 0 Å². The van der Waals surface area contributed by atoms with E-state index in [0.717, 1.165) is 17.2 Å². The van der Waals surface area contributed by atoms with Crippen molar-refractivity contribution in [2.75, 3.05) is 20.6 Å². The molecule has 1 nitrogen and oxygen atoms in total. The zero-order valence-corrected chi connectivity index (χ0v) is 12.6. The molecule has 0 saturated heterocycles. The van der Waals surface area contributed by atoms with Crippen LogP contribution in [0.2, 0.25) is 0 Å². The number of hydrogen-bond donors (Lipinski definition) is 0. The van der Waals surface area contributed by atoms with Crippen LogP contribution in [0, 0.1) is 0 Å². The molecular weight excluding hydrogens is 287 g/mol. The maximum atomic E-state index is 12.9. The second-order valence-electron chi connectivity index (χ2n) is 5.32. The number of likely N-dealkylation sites (N-methyl/N-ethyl adjacent to an activating group) is 1. The first kappa shape index (κ1) is 16.3. The zero-order chi connectivity index (χ0) is 16.2. The number of rotatable bonds is 4. The van der Waals surface area contributed by atoms with Gasteiger partial charge in [-0.1, -0.05) is 48.5 Å². The van der Waals surface area contributed by atoms with Crippen molar-refractivity contribution in [3.8, 4) is 0 Å². The molecular formula is C18H18F3N. The van der Waals surface area contributed by atoms with Gasteiger partial charge in [0.1, 0.15) is 0 Å². The topological polar surface area (TPSA) is 3.24 Å². The number of alkyl halides is 3. The monoisotopic (exact) mass is 305 g/mol. The normalized spacial score (nSPS) is 12.7. The van der Waals surface area contributed by atoms with Crippen LogP contribution in [0.25, 0.3) is 5.57 Å². The number of nitrogens with zero attached hydrogens (tertiary/aromatic N) is 1. The maximum absolute atomic E-state index is 12.9. The van der Waals surface area contributed by atoms with E-state index in [-0.39, 0.29) is 0 Å². The third-order valence-corrected chi connectivity index (χ3v) is 3.25. The lowest BCUT2D eigenvalue weighted by atomic mass is 9.96. The maximum Gasteiger partial charge on any atom is 0.416 e. The van der Waals surface area contributed by atoms with Gasteiger partial charge in [-0.25, -0.2) is 0 Å². The number of halogens is 3. The highest BCUT2D eigenvalue weighted by molar-refractivity contribution is 5.80. The molecule has 0 radical (unpaired) electrons. The Morgan fingerprint density at radius 1 is 0.955 bits per heavy atom. The van der Waals surface area contributed by atoms with Gasteiger partial charge in [-0.2, -0.15) is 13.2 Å². The first-order valence-electron chi connectivity index (χ1n) is 6.96. The van der Waals surface area contributed by atoms with Crippen LogP contribution in [-0.4, -0.2) is 25.5 Å². The molecule has 0 N–H and O–H groups in total. The molecule has 0 saturated carbocycles. The van der Waals surface area contributed by atoms with E-state index in [2.05, 4.69) is 0 Å². The summed E-state index contributed by atoms with van der Waals surface area (Å²) in [5.74, 6) is 0. The minimum absolute atomic E-state index is 0.572. The van der Waals surface area contributed by atoms with Crippen LogP contribution >= 0.6 is 0 Å². The minimum Gasteiger partial charge on any atom is -0.306 e. The van der Waals surface area contributed by atoms with Crippen LogP contribution in [0.4, 0.5) is 13.2 Å². The predicted molar refractivity (Wildman–Crippen MR) is 83.5 cm³/mol. The molecule has 0 aliphatic heterocycles. The number of hydrogen-bond acceptors (Lipinski definition) is 1. The third-order valence-electron chi connectivity index (χ3n) is 3.25. The summed E-state index contributed by atoms with van der Waals surface area (Å²) in [6, 6.07) is 14.9. The summed E-state index contributed by atoms with van der Waals surface area (Å²) >= 11 is 0. The molecule has 0 spiro atoms. The van der Waals surface area contributed by atoms with Gasteiger partial charge in [0, 0.05) is 6.54 Å². The van der Waals surface area contributed by atoms with Crippen molar-refractivity contribution in [3.63, 3.8) is 0 Å². The highest BCUT2D eigenvalue weighted by Crippen LogP contribution is 2.32. The SMILES string of the molecule is CN(C)C/C=C(\c1ccccc1)c1cccc(C(F)(F)F)c1. The Morgan fingerprint density at radius 3 is 2.18 bits per heavy atom. The second kappa shape index (κ2) is 6.79. The van der Waals surface area contributed by atoms with Crippen LogP contribution in [0.5, 0.6) is 0 Å². The molecule has 0 atom stereocenters. The standard InChI is InChI=1S/C18H18F3N/c1-22(2)12-11-17(14-7-4-3-5-8-14)15-9-6-10-16(13-15)18(19,20)21/h3-11,13H,12H2,1-2H3/b17-11+. The predicted octanol–water partition coefficient (Wildman–Crippen LogP) is 4.70. The summed E-state index contributed by atoms with van der Waals surface area (Å²) in [5.41, 5.74) is 1.66. The molecule has 2 aromatic rings. The Kier molecular flexibility index (Phi) is 5.03. The number of benzene rings is 2. The van der Waals surface area contributed by atoms with Crippen molar-refractivity contribution in [2.45, 2.75) is 6.18 Å². The molecule has 2 aromatic carbocycles. The lowest BCUT2D eigenvalue weighted by molar-refractivity contribution is -0.137. The van der Waals surface area contributed by atoms with Gasteiger partial charge in [0.15, 0.2) is 0 Å². The van der Waals surface area contributed by atoms with Crippen molar-refractivity contribution in [1.82, 2.24) is 4.90 Å². The third kappa shape index (κ3) is 4.21. The van der Waals surface area contributed by atoms with Gasteiger partial charge in [0.2, 0.25) is 0 Å². The van der Waals surface area contributed by atoms with E-state index in [1.54, 1.807) is 6.07 Å². The van der Waals surface area contributed by atoms with Gasteiger partial charge in [0.25, 0.3) is 0 Å². The fourth-order valence-electron chi connectivity index (χ4n) is 2.16. The molecule has 116 valence electrons. The first-order valence-corrected chi connectivity index (χ1v) is 6.96. The van der Waals surface area contributed by atoms with E-state index in [9.17, 15) is 13.2 Å². The molecule has 4 heteroatoms. The molecule has 0 bridgehead atoms. The Balaban J connectivity index is 2.48. The molecule has 0 heterocycles. The fourth-order valence-corrected chi connectivity index (χ4v) is 2.16. The van der Waals surface area contributed by atoms with E-state index < -0.39 is 11.7 Å². The van der Waals surface area contributed by atoms with Crippen LogP contribution in [0.15, 0.2) is 60.7 Å². The Bertz CT molecular complexity index is 643. The van der Waals surface area contributed by atoms with E-state index >= 15 is 0 Å². The van der Waals surface area contributed by atoms with E-state index in [1.807, 2.05) is 55.4 Å². The summed E-state index contributed by atoms with van der Waals surface area (Å²) in [5, 5.41) is 0. The molecule has 0 fully saturated rings. The van der Waals surface area contributed by atoms with Gasteiger partial charge >= 0.3 is 6.18 Å². The van der Waals surface area contributed by atoms with Gasteiger partial charge in [0.05, 0.1) is 5.56 Å². The quantitative estimate of drug-likeness (QED) is 0.791. The fraction of sp³-hybridized carbons (Fsp3) is 0.222. The van der Waals surface area contributed by atoms with Crippen LogP contribution in [0.1, 0.15) is 16.7 Å². The summed E-state index contributed by atoms with van der Waals surface area (Å²) < 4.78 is 38.8. The van der Waals surface area contributed by atoms with Crippen molar-refractivity contribution in [2.24, 2.45) is 0 Å². The lowest BCUT2D eigenvalue weighted by Crippen LogP contribution is -2.11. The molecule has 0 aliphatic carbocycles. The largest absolute Gasteiger partial charge is 0.416 e. The molecule has 22 heavy (non-hydrogen) atoms. The van der Waals surface area contributed by atoms with E-state index in [4.69, 9.17) is 0 Å². The van der Waals surface area contributed by atoms with Crippen molar-refractivity contribution in [3.05, 3.63) is 77.4 Å². The molecule has 2 rings (SSSR count). The van der Waals surface area contributed by atoms with E-state index in [1.165, 1.54) is 12.1 Å². The van der Waals surface area contributed by atoms with Crippen molar-refractivity contribution in [1.29, 1.82) is 0 Å². The molecule has 0 amide bonds. The average molecular weight is 305 g/mol. The lowest BCUT2D eigenvalue weighted by Gasteiger charge is -2.14. The summed E-state index contributed by atoms with van der Waals surface area (Å²) in [6.45, 7) is 0.653. The highest BCUT2D eigenvalue weighted by atomic mass is 19.4. The van der Waals surface area contributed by atoms with Crippen LogP contribution in [-0.2, 0) is 6.18 Å². The first-order chi connectivity index (χ1) is 10.4. The van der Waals surface area contributed by atoms with Crippen LogP contribution < -0.4 is 0 Å². The summed E-state index contributed by atoms with van der Waals surface area (Å²) in [6.07, 6.45) is -2.38.